The van der Waals surface area contributed by atoms with Crippen molar-refractivity contribution in [3.8, 4) is 0 Å². The van der Waals surface area contributed by atoms with Crippen molar-refractivity contribution in [2.45, 2.75) is 38.7 Å². The van der Waals surface area contributed by atoms with E-state index in [1.165, 1.54) is 5.56 Å². The highest BCUT2D eigenvalue weighted by atomic mass is 16.5. The zero-order chi connectivity index (χ0) is 19.0. The average molecular weight is 362 g/mol. The summed E-state index contributed by atoms with van der Waals surface area (Å²) in [6, 6.07) is 14.4. The molecule has 0 amide bonds. The normalized spacial score (nSPS) is 14.6. The Labute approximate surface area is 157 Å². The Morgan fingerprint density at radius 1 is 1.04 bits per heavy atom. The molecule has 1 atom stereocenters. The van der Waals surface area contributed by atoms with Crippen LogP contribution >= 0.6 is 0 Å². The summed E-state index contributed by atoms with van der Waals surface area (Å²) in [5, 5.41) is 1.12. The van der Waals surface area contributed by atoms with Crippen LogP contribution in [0.4, 0.5) is 5.69 Å². The highest BCUT2D eigenvalue weighted by Crippen LogP contribution is 2.32. The number of ether oxygens (including phenoxy) is 1. The van der Waals surface area contributed by atoms with Gasteiger partial charge >= 0.3 is 5.97 Å². The lowest BCUT2D eigenvalue weighted by atomic mass is 9.95. The molecule has 1 heterocycles. The van der Waals surface area contributed by atoms with Crippen LogP contribution in [-0.4, -0.2) is 22.5 Å². The molecule has 1 aromatic heterocycles. The Kier molecular flexibility index (Phi) is 4.44. The minimum atomic E-state index is -0.878. The van der Waals surface area contributed by atoms with Gasteiger partial charge in [0.1, 0.15) is 0 Å². The molecule has 5 heteroatoms. The summed E-state index contributed by atoms with van der Waals surface area (Å²) in [6.45, 7) is 1.63. The molecule has 4 rings (SSSR count). The zero-order valence-electron chi connectivity index (χ0n) is 15.3. The van der Waals surface area contributed by atoms with E-state index in [4.69, 9.17) is 10.5 Å². The molecule has 3 aromatic rings. The monoisotopic (exact) mass is 362 g/mol. The van der Waals surface area contributed by atoms with Gasteiger partial charge in [-0.15, -0.1) is 0 Å². The van der Waals surface area contributed by atoms with Crippen LogP contribution in [-0.2, 0) is 17.6 Å². The van der Waals surface area contributed by atoms with Crippen molar-refractivity contribution in [3.63, 3.8) is 0 Å². The quantitative estimate of drug-likeness (QED) is 0.565. The number of nitrogen functional groups attached to an aromatic ring is 1. The van der Waals surface area contributed by atoms with E-state index in [2.05, 4.69) is 6.07 Å². The molecule has 0 fully saturated rings. The molecule has 0 aliphatic heterocycles. The molecule has 138 valence electrons. The van der Waals surface area contributed by atoms with Gasteiger partial charge in [0, 0.05) is 16.8 Å². The maximum Gasteiger partial charge on any atom is 0.338 e. The van der Waals surface area contributed by atoms with Crippen LogP contribution in [0.15, 0.2) is 48.5 Å². The first-order valence-corrected chi connectivity index (χ1v) is 9.28. The fraction of sp³-hybridized carbons (Fsp3) is 0.273. The molecule has 2 aromatic carbocycles. The second kappa shape index (κ2) is 6.91. The standard InChI is InChI=1S/C22H22N2O3/c1-14(27-22(26)15-10-12-16(23)13-11-15)21(25)24-19-8-4-2-6-17(19)18-7-3-5-9-20(18)24/h2,4,6,8,10-14H,3,5,7,9,23H2,1H3. The van der Waals surface area contributed by atoms with Gasteiger partial charge in [-0.05, 0) is 68.5 Å². The summed E-state index contributed by atoms with van der Waals surface area (Å²) in [6.07, 6.45) is 3.17. The number of fused-ring (bicyclic) bond motifs is 3. The van der Waals surface area contributed by atoms with E-state index < -0.39 is 12.1 Å². The predicted molar refractivity (Wildman–Crippen MR) is 105 cm³/mol. The van der Waals surface area contributed by atoms with Crippen LogP contribution in [0.2, 0.25) is 0 Å². The van der Waals surface area contributed by atoms with E-state index in [1.807, 2.05) is 18.2 Å². The summed E-state index contributed by atoms with van der Waals surface area (Å²) in [5.41, 5.74) is 9.80. The van der Waals surface area contributed by atoms with Crippen molar-refractivity contribution in [2.24, 2.45) is 0 Å². The third kappa shape index (κ3) is 3.10. The Bertz CT molecular complexity index is 1020. The van der Waals surface area contributed by atoms with Gasteiger partial charge in [0.05, 0.1) is 11.1 Å². The third-order valence-corrected chi connectivity index (χ3v) is 5.18. The summed E-state index contributed by atoms with van der Waals surface area (Å²) in [7, 11) is 0. The number of aryl methyl sites for hydroxylation is 1. The maximum atomic E-state index is 13.2. The van der Waals surface area contributed by atoms with Gasteiger partial charge in [-0.2, -0.15) is 0 Å². The maximum absolute atomic E-state index is 13.2. The van der Waals surface area contributed by atoms with Crippen LogP contribution in [0, 0.1) is 0 Å². The molecule has 1 aliphatic rings. The van der Waals surface area contributed by atoms with Crippen LogP contribution < -0.4 is 5.73 Å². The number of para-hydroxylation sites is 1. The molecular formula is C22H22N2O3. The van der Waals surface area contributed by atoms with Crippen LogP contribution in [0.5, 0.6) is 0 Å². The zero-order valence-corrected chi connectivity index (χ0v) is 15.3. The fourth-order valence-electron chi connectivity index (χ4n) is 3.83. The van der Waals surface area contributed by atoms with E-state index >= 15 is 0 Å². The molecule has 0 saturated carbocycles. The lowest BCUT2D eigenvalue weighted by molar-refractivity contribution is 0.0285. The number of benzene rings is 2. The van der Waals surface area contributed by atoms with Crippen molar-refractivity contribution >= 4 is 28.5 Å². The smallest absolute Gasteiger partial charge is 0.338 e. The number of rotatable bonds is 3. The van der Waals surface area contributed by atoms with Crippen molar-refractivity contribution in [2.75, 3.05) is 5.73 Å². The van der Waals surface area contributed by atoms with Crippen LogP contribution in [0.3, 0.4) is 0 Å². The highest BCUT2D eigenvalue weighted by Gasteiger charge is 2.27. The SMILES string of the molecule is CC(OC(=O)c1ccc(N)cc1)C(=O)n1c2c(c3ccccc31)CCCC2. The molecule has 0 radical (unpaired) electrons. The number of esters is 1. The highest BCUT2D eigenvalue weighted by molar-refractivity contribution is 5.99. The Balaban J connectivity index is 1.64. The largest absolute Gasteiger partial charge is 0.449 e. The van der Waals surface area contributed by atoms with E-state index in [1.54, 1.807) is 35.8 Å². The molecule has 5 nitrogen and oxygen atoms in total. The third-order valence-electron chi connectivity index (χ3n) is 5.18. The van der Waals surface area contributed by atoms with E-state index in [0.717, 1.165) is 42.3 Å². The minimum Gasteiger partial charge on any atom is -0.449 e. The molecule has 0 bridgehead atoms. The fourth-order valence-corrected chi connectivity index (χ4v) is 3.83. The lowest BCUT2D eigenvalue weighted by Crippen LogP contribution is -2.30. The van der Waals surface area contributed by atoms with Crippen molar-refractivity contribution in [1.29, 1.82) is 0 Å². The number of anilines is 1. The molecule has 1 unspecified atom stereocenters. The molecule has 0 saturated heterocycles. The molecule has 2 N–H and O–H groups in total. The number of hydrogen-bond acceptors (Lipinski definition) is 4. The number of aromatic nitrogens is 1. The van der Waals surface area contributed by atoms with Crippen LogP contribution in [0.1, 0.15) is 46.2 Å². The van der Waals surface area contributed by atoms with E-state index in [9.17, 15) is 9.59 Å². The number of nitrogens with zero attached hydrogens (tertiary/aromatic N) is 1. The number of carbonyl (C=O) groups is 2. The number of carbonyl (C=O) groups excluding carboxylic acids is 2. The van der Waals surface area contributed by atoms with E-state index in [0.29, 0.717) is 11.3 Å². The van der Waals surface area contributed by atoms with Gasteiger partial charge in [0.25, 0.3) is 5.91 Å². The van der Waals surface area contributed by atoms with Gasteiger partial charge in [-0.1, -0.05) is 18.2 Å². The van der Waals surface area contributed by atoms with E-state index in [-0.39, 0.29) is 5.91 Å². The van der Waals surface area contributed by atoms with Gasteiger partial charge in [0.2, 0.25) is 0 Å². The van der Waals surface area contributed by atoms with Gasteiger partial charge < -0.3 is 10.5 Å². The molecule has 0 spiro atoms. The van der Waals surface area contributed by atoms with Gasteiger partial charge in [0.15, 0.2) is 6.10 Å². The summed E-state index contributed by atoms with van der Waals surface area (Å²) in [5.74, 6) is -0.737. The van der Waals surface area contributed by atoms with Crippen molar-refractivity contribution < 1.29 is 14.3 Å². The van der Waals surface area contributed by atoms with Gasteiger partial charge in [-0.25, -0.2) is 4.79 Å². The molecule has 1 aliphatic carbocycles. The Hall–Kier alpha value is -3.08. The minimum absolute atomic E-state index is 0.210. The van der Waals surface area contributed by atoms with Gasteiger partial charge in [-0.3, -0.25) is 9.36 Å². The van der Waals surface area contributed by atoms with Crippen molar-refractivity contribution in [1.82, 2.24) is 4.57 Å². The second-order valence-electron chi connectivity index (χ2n) is 6.99. The molecule has 27 heavy (non-hydrogen) atoms. The van der Waals surface area contributed by atoms with Crippen LogP contribution in [0.25, 0.3) is 10.9 Å². The summed E-state index contributed by atoms with van der Waals surface area (Å²) < 4.78 is 7.21. The average Bonchev–Trinajstić information content (AvgIpc) is 3.02. The second-order valence-corrected chi connectivity index (χ2v) is 6.99. The molecular weight excluding hydrogens is 340 g/mol. The lowest BCUT2D eigenvalue weighted by Gasteiger charge is -2.18. The number of hydrogen-bond donors (Lipinski definition) is 1. The first-order chi connectivity index (χ1) is 13.1. The van der Waals surface area contributed by atoms with Crippen molar-refractivity contribution in [3.05, 3.63) is 65.4 Å². The number of nitrogens with two attached hydrogens (primary N) is 1. The Morgan fingerprint density at radius 3 is 2.52 bits per heavy atom. The predicted octanol–water partition coefficient (Wildman–Crippen LogP) is 3.99. The summed E-state index contributed by atoms with van der Waals surface area (Å²) in [4.78, 5) is 25.5. The summed E-state index contributed by atoms with van der Waals surface area (Å²) >= 11 is 0. The topological polar surface area (TPSA) is 74.3 Å². The first-order valence-electron chi connectivity index (χ1n) is 9.28. The Morgan fingerprint density at radius 2 is 1.74 bits per heavy atom. The first kappa shape index (κ1) is 17.3.